The van der Waals surface area contributed by atoms with Gasteiger partial charge in [-0.15, -0.1) is 0 Å². The van der Waals surface area contributed by atoms with Gasteiger partial charge in [-0.1, -0.05) is 0 Å². The number of benzene rings is 1. The van der Waals surface area contributed by atoms with Crippen LogP contribution in [0.5, 0.6) is 0 Å². The number of sulfonamides is 1. The van der Waals surface area contributed by atoms with E-state index in [1.807, 2.05) is 12.1 Å². The number of anilines is 2. The standard InChI is InChI=1S/C12H19N3O3S/c13-5-10-19(16,17)14-11-1-3-12(4-2-11)15-6-8-18-9-7-15/h1-4,14H,5-10,13H2. The summed E-state index contributed by atoms with van der Waals surface area (Å²) in [5, 5.41) is 0. The van der Waals surface area contributed by atoms with Crippen LogP contribution in [0.1, 0.15) is 0 Å². The molecule has 1 saturated heterocycles. The maximum absolute atomic E-state index is 11.6. The normalized spacial score (nSPS) is 16.4. The van der Waals surface area contributed by atoms with Gasteiger partial charge in [-0.05, 0) is 24.3 Å². The molecule has 0 bridgehead atoms. The van der Waals surface area contributed by atoms with E-state index in [0.717, 1.165) is 32.0 Å². The molecule has 0 aromatic heterocycles. The zero-order valence-corrected chi connectivity index (χ0v) is 11.5. The Bertz CT molecular complexity index is 495. The molecule has 7 heteroatoms. The summed E-state index contributed by atoms with van der Waals surface area (Å²) in [6.07, 6.45) is 0. The van der Waals surface area contributed by atoms with Crippen LogP contribution in [0.4, 0.5) is 11.4 Å². The summed E-state index contributed by atoms with van der Waals surface area (Å²) in [5.41, 5.74) is 6.89. The maximum Gasteiger partial charge on any atom is 0.233 e. The molecule has 19 heavy (non-hydrogen) atoms. The molecule has 6 nitrogen and oxygen atoms in total. The predicted molar refractivity (Wildman–Crippen MR) is 75.9 cm³/mol. The molecule has 2 rings (SSSR count). The van der Waals surface area contributed by atoms with E-state index >= 15 is 0 Å². The lowest BCUT2D eigenvalue weighted by Gasteiger charge is -2.28. The smallest absolute Gasteiger partial charge is 0.233 e. The van der Waals surface area contributed by atoms with Crippen LogP contribution < -0.4 is 15.4 Å². The second kappa shape index (κ2) is 6.23. The van der Waals surface area contributed by atoms with Crippen LogP contribution in [0.25, 0.3) is 0 Å². The number of nitrogens with two attached hydrogens (primary N) is 1. The van der Waals surface area contributed by atoms with Crippen molar-refractivity contribution in [3.8, 4) is 0 Å². The fourth-order valence-corrected chi connectivity index (χ4v) is 2.86. The average molecular weight is 285 g/mol. The van der Waals surface area contributed by atoms with Crippen LogP contribution >= 0.6 is 0 Å². The summed E-state index contributed by atoms with van der Waals surface area (Å²) in [4.78, 5) is 2.21. The van der Waals surface area contributed by atoms with Gasteiger partial charge in [-0.2, -0.15) is 0 Å². The Morgan fingerprint density at radius 1 is 1.21 bits per heavy atom. The summed E-state index contributed by atoms with van der Waals surface area (Å²) in [6, 6.07) is 7.34. The summed E-state index contributed by atoms with van der Waals surface area (Å²) >= 11 is 0. The second-order valence-corrected chi connectivity index (χ2v) is 6.20. The van der Waals surface area contributed by atoms with Crippen molar-refractivity contribution in [3.63, 3.8) is 0 Å². The van der Waals surface area contributed by atoms with E-state index in [-0.39, 0.29) is 12.3 Å². The van der Waals surface area contributed by atoms with Gasteiger partial charge in [-0.3, -0.25) is 4.72 Å². The Morgan fingerprint density at radius 2 is 1.84 bits per heavy atom. The Kier molecular flexibility index (Phi) is 4.62. The van der Waals surface area contributed by atoms with Gasteiger partial charge in [0.15, 0.2) is 0 Å². The maximum atomic E-state index is 11.6. The number of nitrogens with zero attached hydrogens (tertiary/aromatic N) is 1. The average Bonchev–Trinajstić information content (AvgIpc) is 2.40. The quantitative estimate of drug-likeness (QED) is 0.808. The second-order valence-electron chi connectivity index (χ2n) is 4.36. The van der Waals surface area contributed by atoms with Crippen molar-refractivity contribution in [2.75, 3.05) is 48.2 Å². The van der Waals surface area contributed by atoms with Gasteiger partial charge >= 0.3 is 0 Å². The van der Waals surface area contributed by atoms with E-state index in [0.29, 0.717) is 5.69 Å². The third-order valence-corrected chi connectivity index (χ3v) is 4.22. The molecule has 1 aliphatic rings. The lowest BCUT2D eigenvalue weighted by atomic mass is 10.2. The van der Waals surface area contributed by atoms with Crippen LogP contribution in [-0.4, -0.2) is 47.0 Å². The number of morpholine rings is 1. The molecule has 0 spiro atoms. The highest BCUT2D eigenvalue weighted by Gasteiger charge is 2.12. The van der Waals surface area contributed by atoms with Gasteiger partial charge in [0.25, 0.3) is 0 Å². The summed E-state index contributed by atoms with van der Waals surface area (Å²) in [6.45, 7) is 3.29. The zero-order chi connectivity index (χ0) is 13.7. The van der Waals surface area contributed by atoms with Crippen molar-refractivity contribution in [3.05, 3.63) is 24.3 Å². The zero-order valence-electron chi connectivity index (χ0n) is 10.7. The molecule has 3 N–H and O–H groups in total. The fraction of sp³-hybridized carbons (Fsp3) is 0.500. The van der Waals surface area contributed by atoms with Crippen molar-refractivity contribution in [1.82, 2.24) is 0 Å². The molecule has 1 fully saturated rings. The van der Waals surface area contributed by atoms with Crippen molar-refractivity contribution in [1.29, 1.82) is 0 Å². The predicted octanol–water partition coefficient (Wildman–Crippen LogP) is 0.224. The molecule has 0 saturated carbocycles. The first kappa shape index (κ1) is 14.1. The summed E-state index contributed by atoms with van der Waals surface area (Å²) < 4.78 is 30.9. The molecule has 1 aromatic rings. The van der Waals surface area contributed by atoms with E-state index in [1.54, 1.807) is 12.1 Å². The van der Waals surface area contributed by atoms with Gasteiger partial charge in [0.05, 0.1) is 19.0 Å². The Labute approximate surface area is 113 Å². The highest BCUT2D eigenvalue weighted by atomic mass is 32.2. The molecule has 0 aliphatic carbocycles. The first-order valence-corrected chi connectivity index (χ1v) is 7.89. The van der Waals surface area contributed by atoms with E-state index < -0.39 is 10.0 Å². The number of ether oxygens (including phenoxy) is 1. The number of hydrogen-bond acceptors (Lipinski definition) is 5. The molecular weight excluding hydrogens is 266 g/mol. The molecule has 106 valence electrons. The first-order valence-electron chi connectivity index (χ1n) is 6.24. The van der Waals surface area contributed by atoms with Gasteiger partial charge in [0.1, 0.15) is 0 Å². The minimum absolute atomic E-state index is 0.0712. The third-order valence-electron chi connectivity index (χ3n) is 2.90. The Morgan fingerprint density at radius 3 is 2.42 bits per heavy atom. The number of nitrogens with one attached hydrogen (secondary N) is 1. The first-order chi connectivity index (χ1) is 9.11. The molecule has 1 aromatic carbocycles. The SMILES string of the molecule is NCCS(=O)(=O)Nc1ccc(N2CCOCC2)cc1. The minimum Gasteiger partial charge on any atom is -0.378 e. The lowest BCUT2D eigenvalue weighted by Crippen LogP contribution is -2.36. The topological polar surface area (TPSA) is 84.7 Å². The molecule has 0 amide bonds. The molecule has 1 heterocycles. The number of hydrogen-bond donors (Lipinski definition) is 2. The molecule has 0 atom stereocenters. The van der Waals surface area contributed by atoms with E-state index in [2.05, 4.69) is 9.62 Å². The van der Waals surface area contributed by atoms with Gasteiger partial charge in [0.2, 0.25) is 10.0 Å². The van der Waals surface area contributed by atoms with Crippen LogP contribution in [0.3, 0.4) is 0 Å². The molecule has 0 radical (unpaired) electrons. The molecule has 0 unspecified atom stereocenters. The Balaban J connectivity index is 2.02. The monoisotopic (exact) mass is 285 g/mol. The van der Waals surface area contributed by atoms with Gasteiger partial charge in [-0.25, -0.2) is 8.42 Å². The lowest BCUT2D eigenvalue weighted by molar-refractivity contribution is 0.122. The third kappa shape index (κ3) is 4.09. The highest BCUT2D eigenvalue weighted by Crippen LogP contribution is 2.19. The highest BCUT2D eigenvalue weighted by molar-refractivity contribution is 7.92. The van der Waals surface area contributed by atoms with E-state index in [9.17, 15) is 8.42 Å². The Hall–Kier alpha value is -1.31. The largest absolute Gasteiger partial charge is 0.378 e. The van der Waals surface area contributed by atoms with Crippen LogP contribution in [-0.2, 0) is 14.8 Å². The van der Waals surface area contributed by atoms with Crippen molar-refractivity contribution in [2.24, 2.45) is 5.73 Å². The van der Waals surface area contributed by atoms with Crippen molar-refractivity contribution < 1.29 is 13.2 Å². The minimum atomic E-state index is -3.33. The number of rotatable bonds is 5. The summed E-state index contributed by atoms with van der Waals surface area (Å²) in [7, 11) is -3.33. The van der Waals surface area contributed by atoms with Crippen LogP contribution in [0.15, 0.2) is 24.3 Å². The van der Waals surface area contributed by atoms with Gasteiger partial charge in [0, 0.05) is 31.0 Å². The van der Waals surface area contributed by atoms with Crippen LogP contribution in [0, 0.1) is 0 Å². The molecule has 1 aliphatic heterocycles. The van der Waals surface area contributed by atoms with Crippen molar-refractivity contribution >= 4 is 21.4 Å². The van der Waals surface area contributed by atoms with Crippen LogP contribution in [0.2, 0.25) is 0 Å². The van der Waals surface area contributed by atoms with E-state index in [4.69, 9.17) is 10.5 Å². The fourth-order valence-electron chi connectivity index (χ4n) is 1.95. The summed E-state index contributed by atoms with van der Waals surface area (Å²) in [5.74, 6) is -0.0712. The molecular formula is C12H19N3O3S. The van der Waals surface area contributed by atoms with Gasteiger partial charge < -0.3 is 15.4 Å². The van der Waals surface area contributed by atoms with Crippen molar-refractivity contribution in [2.45, 2.75) is 0 Å². The van der Waals surface area contributed by atoms with E-state index in [1.165, 1.54) is 0 Å².